The predicted octanol–water partition coefficient (Wildman–Crippen LogP) is 3.78. The summed E-state index contributed by atoms with van der Waals surface area (Å²) in [6, 6.07) is 12.4. The normalized spacial score (nSPS) is 10.5. The molecule has 1 heterocycles. The van der Waals surface area contributed by atoms with Gasteiger partial charge < -0.3 is 10.4 Å². The molecule has 0 saturated carbocycles. The standard InChI is InChI=1S/C16H12FN3O2S2/c17-11-2-1-3-12(8-11)18-14(22)9-23-16-20-19-15(24-16)10-4-6-13(21)7-5-10/h1-8,21H,9H2,(H,18,22). The minimum atomic E-state index is -0.400. The van der Waals surface area contributed by atoms with Crippen molar-refractivity contribution in [3.05, 3.63) is 54.3 Å². The SMILES string of the molecule is O=C(CSc1nnc(-c2ccc(O)cc2)s1)Nc1cccc(F)c1. The summed E-state index contributed by atoms with van der Waals surface area (Å²) in [5.74, 6) is -0.303. The number of phenolic OH excluding ortho intramolecular Hbond substituents is 1. The number of amides is 1. The van der Waals surface area contributed by atoms with Gasteiger partial charge in [-0.05, 0) is 42.5 Å². The van der Waals surface area contributed by atoms with Crippen LogP contribution >= 0.6 is 23.1 Å². The summed E-state index contributed by atoms with van der Waals surface area (Å²) in [5, 5.41) is 20.7. The molecule has 122 valence electrons. The van der Waals surface area contributed by atoms with Crippen LogP contribution in [0.15, 0.2) is 52.9 Å². The van der Waals surface area contributed by atoms with Gasteiger partial charge in [-0.25, -0.2) is 4.39 Å². The van der Waals surface area contributed by atoms with E-state index < -0.39 is 5.82 Å². The van der Waals surface area contributed by atoms with Crippen LogP contribution in [0, 0.1) is 5.82 Å². The lowest BCUT2D eigenvalue weighted by atomic mass is 10.2. The zero-order chi connectivity index (χ0) is 16.9. The van der Waals surface area contributed by atoms with Gasteiger partial charge in [-0.1, -0.05) is 29.2 Å². The van der Waals surface area contributed by atoms with Gasteiger partial charge in [0.2, 0.25) is 5.91 Å². The van der Waals surface area contributed by atoms with Crippen molar-refractivity contribution in [3.8, 4) is 16.3 Å². The Balaban J connectivity index is 1.57. The third-order valence-electron chi connectivity index (χ3n) is 2.96. The monoisotopic (exact) mass is 361 g/mol. The third kappa shape index (κ3) is 4.30. The number of hydrogen-bond donors (Lipinski definition) is 2. The molecule has 0 radical (unpaired) electrons. The number of hydrogen-bond acceptors (Lipinski definition) is 6. The van der Waals surface area contributed by atoms with Crippen LogP contribution in [-0.4, -0.2) is 27.0 Å². The zero-order valence-electron chi connectivity index (χ0n) is 12.3. The molecule has 0 spiro atoms. The first-order chi connectivity index (χ1) is 11.6. The summed E-state index contributed by atoms with van der Waals surface area (Å²) in [4.78, 5) is 11.9. The van der Waals surface area contributed by atoms with E-state index in [1.165, 1.54) is 41.3 Å². The number of nitrogens with one attached hydrogen (secondary N) is 1. The van der Waals surface area contributed by atoms with Crippen molar-refractivity contribution in [1.82, 2.24) is 10.2 Å². The van der Waals surface area contributed by atoms with E-state index in [4.69, 9.17) is 0 Å². The number of halogens is 1. The maximum Gasteiger partial charge on any atom is 0.234 e. The molecule has 24 heavy (non-hydrogen) atoms. The van der Waals surface area contributed by atoms with Gasteiger partial charge in [0.15, 0.2) is 4.34 Å². The molecule has 5 nitrogen and oxygen atoms in total. The lowest BCUT2D eigenvalue weighted by molar-refractivity contribution is -0.113. The van der Waals surface area contributed by atoms with E-state index in [-0.39, 0.29) is 17.4 Å². The van der Waals surface area contributed by atoms with Crippen LogP contribution in [0.2, 0.25) is 0 Å². The highest BCUT2D eigenvalue weighted by atomic mass is 32.2. The lowest BCUT2D eigenvalue weighted by Gasteiger charge is -2.03. The quantitative estimate of drug-likeness (QED) is 0.677. The highest BCUT2D eigenvalue weighted by molar-refractivity contribution is 8.01. The molecule has 2 N–H and O–H groups in total. The minimum Gasteiger partial charge on any atom is -0.508 e. The number of aromatic hydroxyl groups is 1. The van der Waals surface area contributed by atoms with E-state index in [2.05, 4.69) is 15.5 Å². The molecule has 0 atom stereocenters. The molecule has 1 amide bonds. The summed E-state index contributed by atoms with van der Waals surface area (Å²) in [6.07, 6.45) is 0. The van der Waals surface area contributed by atoms with Gasteiger partial charge >= 0.3 is 0 Å². The highest BCUT2D eigenvalue weighted by Gasteiger charge is 2.10. The van der Waals surface area contributed by atoms with Crippen LogP contribution in [0.5, 0.6) is 5.75 Å². The van der Waals surface area contributed by atoms with Gasteiger partial charge in [0, 0.05) is 11.3 Å². The van der Waals surface area contributed by atoms with E-state index in [0.29, 0.717) is 15.0 Å². The van der Waals surface area contributed by atoms with E-state index >= 15 is 0 Å². The molecule has 8 heteroatoms. The van der Waals surface area contributed by atoms with Crippen molar-refractivity contribution < 1.29 is 14.3 Å². The van der Waals surface area contributed by atoms with Crippen molar-refractivity contribution >= 4 is 34.7 Å². The molecule has 0 aliphatic carbocycles. The molecular weight excluding hydrogens is 349 g/mol. The fourth-order valence-corrected chi connectivity index (χ4v) is 3.54. The van der Waals surface area contributed by atoms with Gasteiger partial charge in [0.05, 0.1) is 5.75 Å². The Kier molecular flexibility index (Phi) is 5.07. The number of carbonyl (C=O) groups is 1. The molecule has 0 fully saturated rings. The maximum absolute atomic E-state index is 13.1. The number of aromatic nitrogens is 2. The fourth-order valence-electron chi connectivity index (χ4n) is 1.88. The highest BCUT2D eigenvalue weighted by Crippen LogP contribution is 2.30. The Hall–Kier alpha value is -2.45. The van der Waals surface area contributed by atoms with Crippen molar-refractivity contribution in [2.75, 3.05) is 11.1 Å². The predicted molar refractivity (Wildman–Crippen MR) is 92.8 cm³/mol. The first-order valence-corrected chi connectivity index (χ1v) is 8.71. The second-order valence-corrected chi connectivity index (χ2v) is 6.97. The second kappa shape index (κ2) is 7.41. The molecule has 3 aromatic rings. The van der Waals surface area contributed by atoms with Crippen molar-refractivity contribution in [2.24, 2.45) is 0 Å². The summed E-state index contributed by atoms with van der Waals surface area (Å²) >= 11 is 2.62. The average Bonchev–Trinajstić information content (AvgIpc) is 3.03. The smallest absolute Gasteiger partial charge is 0.234 e. The van der Waals surface area contributed by atoms with Crippen molar-refractivity contribution in [1.29, 1.82) is 0 Å². The van der Waals surface area contributed by atoms with Crippen molar-refractivity contribution in [2.45, 2.75) is 4.34 Å². The number of nitrogens with zero attached hydrogens (tertiary/aromatic N) is 2. The van der Waals surface area contributed by atoms with Gasteiger partial charge in [-0.3, -0.25) is 4.79 Å². The van der Waals surface area contributed by atoms with Crippen molar-refractivity contribution in [3.63, 3.8) is 0 Å². The molecule has 3 rings (SSSR count). The molecular formula is C16H12FN3O2S2. The molecule has 2 aromatic carbocycles. The first-order valence-electron chi connectivity index (χ1n) is 6.91. The van der Waals surface area contributed by atoms with E-state index in [1.54, 1.807) is 30.3 Å². The largest absolute Gasteiger partial charge is 0.508 e. The number of thioether (sulfide) groups is 1. The molecule has 0 aliphatic heterocycles. The van der Waals surface area contributed by atoms with E-state index in [9.17, 15) is 14.3 Å². The lowest BCUT2D eigenvalue weighted by Crippen LogP contribution is -2.13. The Morgan fingerprint density at radius 2 is 2.00 bits per heavy atom. The molecule has 1 aromatic heterocycles. The zero-order valence-corrected chi connectivity index (χ0v) is 13.9. The average molecular weight is 361 g/mol. The summed E-state index contributed by atoms with van der Waals surface area (Å²) in [6.45, 7) is 0. The Morgan fingerprint density at radius 3 is 2.75 bits per heavy atom. The van der Waals surface area contributed by atoms with E-state index in [0.717, 1.165) is 5.56 Å². The van der Waals surface area contributed by atoms with Crippen LogP contribution in [0.3, 0.4) is 0 Å². The Labute approximate surface area is 145 Å². The van der Waals surface area contributed by atoms with Gasteiger partial charge in [0.1, 0.15) is 16.6 Å². The number of anilines is 1. The molecule has 0 saturated heterocycles. The first kappa shape index (κ1) is 16.4. The molecule has 0 unspecified atom stereocenters. The topological polar surface area (TPSA) is 75.1 Å². The van der Waals surface area contributed by atoms with E-state index in [1.807, 2.05) is 0 Å². The number of benzene rings is 2. The molecule has 0 bridgehead atoms. The van der Waals surface area contributed by atoms with Crippen LogP contribution in [0.4, 0.5) is 10.1 Å². The molecule has 0 aliphatic rings. The summed E-state index contributed by atoms with van der Waals surface area (Å²) in [7, 11) is 0. The number of phenols is 1. The van der Waals surface area contributed by atoms with Gasteiger partial charge in [0.25, 0.3) is 0 Å². The van der Waals surface area contributed by atoms with Crippen LogP contribution in [0.1, 0.15) is 0 Å². The van der Waals surface area contributed by atoms with Crippen LogP contribution in [0.25, 0.3) is 10.6 Å². The fraction of sp³-hybridized carbons (Fsp3) is 0.0625. The van der Waals surface area contributed by atoms with Crippen LogP contribution in [-0.2, 0) is 4.79 Å². The summed E-state index contributed by atoms with van der Waals surface area (Å²) in [5.41, 5.74) is 1.27. The van der Waals surface area contributed by atoms with Gasteiger partial charge in [-0.2, -0.15) is 0 Å². The maximum atomic E-state index is 13.1. The summed E-state index contributed by atoms with van der Waals surface area (Å²) < 4.78 is 13.7. The Bertz CT molecular complexity index is 853. The second-order valence-electron chi connectivity index (χ2n) is 4.77. The van der Waals surface area contributed by atoms with Crippen LogP contribution < -0.4 is 5.32 Å². The Morgan fingerprint density at radius 1 is 1.21 bits per heavy atom. The minimum absolute atomic E-state index is 0.153. The van der Waals surface area contributed by atoms with Gasteiger partial charge in [-0.15, -0.1) is 10.2 Å². The number of carbonyl (C=O) groups excluding carboxylic acids is 1. The third-order valence-corrected chi connectivity index (χ3v) is 5.06. The number of rotatable bonds is 5.